The molecule has 0 heterocycles. The molecule has 0 aliphatic rings. The normalized spacial score (nSPS) is 11.2. The molecule has 0 aromatic heterocycles. The summed E-state index contributed by atoms with van der Waals surface area (Å²) < 4.78 is 0. The first kappa shape index (κ1) is 20.2. The van der Waals surface area contributed by atoms with Crippen LogP contribution in [0.1, 0.15) is 71.4 Å². The predicted octanol–water partition coefficient (Wildman–Crippen LogP) is 4.38. The van der Waals surface area contributed by atoms with E-state index in [0.717, 1.165) is 16.8 Å². The van der Waals surface area contributed by atoms with Crippen LogP contribution in [-0.4, -0.2) is 29.8 Å². The third kappa shape index (κ3) is 5.66. The molecule has 0 unspecified atom stereocenters. The maximum absolute atomic E-state index is 12.6. The number of nitrogens with zero attached hydrogens (tertiary/aromatic N) is 1. The second-order valence-electron chi connectivity index (χ2n) is 7.46. The van der Waals surface area contributed by atoms with Crippen LogP contribution >= 0.6 is 0 Å². The lowest BCUT2D eigenvalue weighted by atomic mass is 9.92. The summed E-state index contributed by atoms with van der Waals surface area (Å²) in [6.07, 6.45) is 0. The van der Waals surface area contributed by atoms with Crippen LogP contribution in [0.25, 0.3) is 0 Å². The number of anilines is 1. The molecule has 0 saturated heterocycles. The Morgan fingerprint density at radius 3 is 1.88 bits per heavy atom. The topological polar surface area (TPSA) is 49.4 Å². The van der Waals surface area contributed by atoms with Crippen molar-refractivity contribution in [2.45, 2.75) is 60.3 Å². The van der Waals surface area contributed by atoms with Crippen LogP contribution in [0.2, 0.25) is 0 Å². The number of hydrogen-bond acceptors (Lipinski definition) is 2. The molecule has 134 valence electrons. The van der Waals surface area contributed by atoms with E-state index in [9.17, 15) is 9.59 Å². The molecule has 0 aliphatic heterocycles. The van der Waals surface area contributed by atoms with Crippen molar-refractivity contribution in [3.63, 3.8) is 0 Å². The molecule has 1 aromatic carbocycles. The van der Waals surface area contributed by atoms with E-state index in [1.54, 1.807) is 4.90 Å². The van der Waals surface area contributed by atoms with Gasteiger partial charge in [-0.1, -0.05) is 59.7 Å². The maximum atomic E-state index is 12.6. The summed E-state index contributed by atoms with van der Waals surface area (Å²) in [4.78, 5) is 25.9. The van der Waals surface area contributed by atoms with Crippen LogP contribution in [0.3, 0.4) is 0 Å². The summed E-state index contributed by atoms with van der Waals surface area (Å²) in [6.45, 7) is 14.8. The molecule has 0 bridgehead atoms. The van der Waals surface area contributed by atoms with Gasteiger partial charge in [-0.05, 0) is 28.9 Å². The molecule has 0 aliphatic carbocycles. The van der Waals surface area contributed by atoms with Gasteiger partial charge in [0, 0.05) is 19.2 Å². The Balaban J connectivity index is 3.02. The number of amides is 2. The van der Waals surface area contributed by atoms with Gasteiger partial charge in [0.25, 0.3) is 0 Å². The van der Waals surface area contributed by atoms with Crippen molar-refractivity contribution < 1.29 is 9.59 Å². The van der Waals surface area contributed by atoms with E-state index in [1.807, 2.05) is 19.9 Å². The Kier molecular flexibility index (Phi) is 7.46. The van der Waals surface area contributed by atoms with Crippen LogP contribution in [0.5, 0.6) is 0 Å². The minimum atomic E-state index is -0.138. The van der Waals surface area contributed by atoms with Gasteiger partial charge in [0.15, 0.2) is 0 Å². The molecule has 1 rings (SSSR count). The summed E-state index contributed by atoms with van der Waals surface area (Å²) in [5, 5.41) is 3.07. The van der Waals surface area contributed by atoms with E-state index in [4.69, 9.17) is 0 Å². The summed E-state index contributed by atoms with van der Waals surface area (Å²) in [7, 11) is 0. The number of nitrogens with one attached hydrogen (secondary N) is 1. The fourth-order valence-electron chi connectivity index (χ4n) is 2.79. The second-order valence-corrected chi connectivity index (χ2v) is 7.46. The highest BCUT2D eigenvalue weighted by Crippen LogP contribution is 2.32. The summed E-state index contributed by atoms with van der Waals surface area (Å²) in [5.74, 6) is 0.758. The third-order valence-corrected chi connectivity index (χ3v) is 4.00. The maximum Gasteiger partial charge on any atom is 0.244 e. The lowest BCUT2D eigenvalue weighted by molar-refractivity contribution is -0.133. The van der Waals surface area contributed by atoms with Crippen LogP contribution in [0.4, 0.5) is 5.69 Å². The van der Waals surface area contributed by atoms with Crippen LogP contribution < -0.4 is 5.32 Å². The van der Waals surface area contributed by atoms with Gasteiger partial charge < -0.3 is 10.2 Å². The van der Waals surface area contributed by atoms with Gasteiger partial charge in [-0.15, -0.1) is 0 Å². The summed E-state index contributed by atoms with van der Waals surface area (Å²) >= 11 is 0. The van der Waals surface area contributed by atoms with Gasteiger partial charge in [-0.2, -0.15) is 0 Å². The summed E-state index contributed by atoms with van der Waals surface area (Å²) in [6, 6.07) is 6.16. The Morgan fingerprint density at radius 2 is 1.50 bits per heavy atom. The molecule has 0 atom stereocenters. The molecule has 4 heteroatoms. The van der Waals surface area contributed by atoms with Gasteiger partial charge in [-0.25, -0.2) is 0 Å². The lowest BCUT2D eigenvalue weighted by Gasteiger charge is -2.24. The lowest BCUT2D eigenvalue weighted by Crippen LogP contribution is -2.39. The van der Waals surface area contributed by atoms with Crippen molar-refractivity contribution in [2.75, 3.05) is 18.4 Å². The zero-order valence-electron chi connectivity index (χ0n) is 16.1. The van der Waals surface area contributed by atoms with Crippen molar-refractivity contribution >= 4 is 17.5 Å². The molecular weight excluding hydrogens is 300 g/mol. The predicted molar refractivity (Wildman–Crippen MR) is 100 cm³/mol. The second kappa shape index (κ2) is 8.86. The molecule has 24 heavy (non-hydrogen) atoms. The van der Waals surface area contributed by atoms with E-state index in [-0.39, 0.29) is 18.4 Å². The van der Waals surface area contributed by atoms with E-state index < -0.39 is 0 Å². The zero-order chi connectivity index (χ0) is 18.4. The standard InChI is InChI=1S/C20H32N2O2/c1-13(2)11-22(16(7)23)12-19(24)21-20-17(14(3)4)9-8-10-18(20)15(5)6/h8-10,13-15H,11-12H2,1-7H3,(H,21,24). The van der Waals surface area contributed by atoms with Gasteiger partial charge in [0.1, 0.15) is 0 Å². The molecule has 0 fully saturated rings. The number of rotatable bonds is 7. The number of carbonyl (C=O) groups is 2. The van der Waals surface area contributed by atoms with E-state index >= 15 is 0 Å². The molecule has 4 nitrogen and oxygen atoms in total. The fraction of sp³-hybridized carbons (Fsp3) is 0.600. The van der Waals surface area contributed by atoms with Crippen molar-refractivity contribution in [2.24, 2.45) is 5.92 Å². The van der Waals surface area contributed by atoms with Crippen molar-refractivity contribution in [3.05, 3.63) is 29.3 Å². The molecular formula is C20H32N2O2. The van der Waals surface area contributed by atoms with Crippen molar-refractivity contribution in [1.82, 2.24) is 4.90 Å². The molecule has 0 radical (unpaired) electrons. The van der Waals surface area contributed by atoms with E-state index in [1.165, 1.54) is 6.92 Å². The van der Waals surface area contributed by atoms with Crippen molar-refractivity contribution in [1.29, 1.82) is 0 Å². The highest BCUT2D eigenvalue weighted by molar-refractivity contribution is 5.95. The van der Waals surface area contributed by atoms with Gasteiger partial charge in [0.2, 0.25) is 11.8 Å². The van der Waals surface area contributed by atoms with Gasteiger partial charge in [-0.3, -0.25) is 9.59 Å². The van der Waals surface area contributed by atoms with Crippen LogP contribution in [0, 0.1) is 5.92 Å². The minimum absolute atomic E-state index is 0.0694. The quantitative estimate of drug-likeness (QED) is 0.805. The van der Waals surface area contributed by atoms with E-state index in [0.29, 0.717) is 24.3 Å². The largest absolute Gasteiger partial charge is 0.333 e. The van der Waals surface area contributed by atoms with Crippen LogP contribution in [-0.2, 0) is 9.59 Å². The smallest absolute Gasteiger partial charge is 0.244 e. The Hall–Kier alpha value is -1.84. The fourth-order valence-corrected chi connectivity index (χ4v) is 2.79. The monoisotopic (exact) mass is 332 g/mol. The van der Waals surface area contributed by atoms with Gasteiger partial charge in [0.05, 0.1) is 6.54 Å². The number of carbonyl (C=O) groups excluding carboxylic acids is 2. The number of para-hydroxylation sites is 1. The molecule has 0 spiro atoms. The first-order valence-electron chi connectivity index (χ1n) is 8.81. The molecule has 1 N–H and O–H groups in total. The molecule has 1 aromatic rings. The average molecular weight is 332 g/mol. The highest BCUT2D eigenvalue weighted by atomic mass is 16.2. The first-order valence-corrected chi connectivity index (χ1v) is 8.81. The number of benzene rings is 1. The highest BCUT2D eigenvalue weighted by Gasteiger charge is 2.19. The SMILES string of the molecule is CC(=O)N(CC(=O)Nc1c(C(C)C)cccc1C(C)C)CC(C)C. The Labute approximate surface area is 146 Å². The van der Waals surface area contributed by atoms with E-state index in [2.05, 4.69) is 45.1 Å². The van der Waals surface area contributed by atoms with Crippen molar-refractivity contribution in [3.8, 4) is 0 Å². The molecule has 2 amide bonds. The van der Waals surface area contributed by atoms with Gasteiger partial charge >= 0.3 is 0 Å². The minimum Gasteiger partial charge on any atom is -0.333 e. The Morgan fingerprint density at radius 1 is 1.00 bits per heavy atom. The zero-order valence-corrected chi connectivity index (χ0v) is 16.1. The summed E-state index contributed by atoms with van der Waals surface area (Å²) in [5.41, 5.74) is 3.17. The third-order valence-electron chi connectivity index (χ3n) is 4.00. The average Bonchev–Trinajstić information content (AvgIpc) is 2.45. The van der Waals surface area contributed by atoms with Crippen LogP contribution in [0.15, 0.2) is 18.2 Å². The molecule has 0 saturated carbocycles. The number of hydrogen-bond donors (Lipinski definition) is 1. The first-order chi connectivity index (χ1) is 11.1. The Bertz CT molecular complexity index is 551.